The van der Waals surface area contributed by atoms with Crippen molar-refractivity contribution in [1.82, 2.24) is 0 Å². The molecule has 6 heteroatoms. The quantitative estimate of drug-likeness (QED) is 0.222. The van der Waals surface area contributed by atoms with Crippen molar-refractivity contribution in [3.05, 3.63) is 0 Å². The maximum absolute atomic E-state index is 11.9. The first-order valence-electron chi connectivity index (χ1n) is 8.58. The molecule has 0 spiro atoms. The number of hydrogen-bond acceptors (Lipinski definition) is 6. The van der Waals surface area contributed by atoms with Crippen LogP contribution in [-0.2, 0) is 19.1 Å². The predicted molar refractivity (Wildman–Crippen MR) is 100.0 cm³/mol. The van der Waals surface area contributed by atoms with Gasteiger partial charge in [0.1, 0.15) is 0 Å². The number of hydrogen-bond donors (Lipinski definition) is 2. The summed E-state index contributed by atoms with van der Waals surface area (Å²) in [6.07, 6.45) is 6.49. The van der Waals surface area contributed by atoms with Gasteiger partial charge in [0, 0.05) is 17.9 Å². The molecule has 136 valence electrons. The minimum Gasteiger partial charge on any atom is -0.425 e. The molecule has 0 amide bonds. The Hall–Kier alpha value is -0.360. The molecule has 2 atom stereocenters. The van der Waals surface area contributed by atoms with Crippen LogP contribution in [0.2, 0.25) is 0 Å². The normalized spacial score (nSPS) is 14.8. The van der Waals surface area contributed by atoms with Crippen molar-refractivity contribution in [3.63, 3.8) is 0 Å². The van der Waals surface area contributed by atoms with Gasteiger partial charge in [-0.1, -0.05) is 52.9 Å². The van der Waals surface area contributed by atoms with Crippen LogP contribution in [0.15, 0.2) is 0 Å². The van der Waals surface area contributed by atoms with Gasteiger partial charge in [0.05, 0.1) is 11.8 Å². The monoisotopic (exact) mass is 364 g/mol. The molecule has 0 aromatic rings. The first-order valence-corrected chi connectivity index (χ1v) is 9.85. The summed E-state index contributed by atoms with van der Waals surface area (Å²) in [5, 5.41) is 0. The third kappa shape index (κ3) is 10.9. The second kappa shape index (κ2) is 14.0. The highest BCUT2D eigenvalue weighted by atomic mass is 32.1. The van der Waals surface area contributed by atoms with Crippen LogP contribution < -0.4 is 0 Å². The average molecular weight is 365 g/mol. The molecule has 4 nitrogen and oxygen atoms in total. The Morgan fingerprint density at radius 2 is 1.26 bits per heavy atom. The molecule has 0 aliphatic heterocycles. The number of ether oxygens (including phenoxy) is 2. The van der Waals surface area contributed by atoms with E-state index in [9.17, 15) is 9.59 Å². The SMILES string of the molecule is CCCCCCCCC(OC(=O)C(C)CS)OC(=O)C(C)CS. The van der Waals surface area contributed by atoms with Crippen LogP contribution in [0.3, 0.4) is 0 Å². The van der Waals surface area contributed by atoms with Crippen molar-refractivity contribution >= 4 is 37.2 Å². The Bertz CT molecular complexity index is 313. The van der Waals surface area contributed by atoms with Crippen LogP contribution >= 0.6 is 25.3 Å². The summed E-state index contributed by atoms with van der Waals surface area (Å²) in [6.45, 7) is 5.67. The fourth-order valence-corrected chi connectivity index (χ4v) is 2.17. The van der Waals surface area contributed by atoms with E-state index >= 15 is 0 Å². The first kappa shape index (κ1) is 22.6. The maximum atomic E-state index is 11.9. The molecular weight excluding hydrogens is 332 g/mol. The van der Waals surface area contributed by atoms with Crippen LogP contribution in [0.1, 0.15) is 65.7 Å². The van der Waals surface area contributed by atoms with Crippen LogP contribution in [0.25, 0.3) is 0 Å². The molecule has 0 aliphatic carbocycles. The van der Waals surface area contributed by atoms with Gasteiger partial charge in [-0.15, -0.1) is 0 Å². The summed E-state index contributed by atoms with van der Waals surface area (Å²) in [5.74, 6) is -0.560. The fourth-order valence-electron chi connectivity index (χ4n) is 1.87. The van der Waals surface area contributed by atoms with E-state index < -0.39 is 6.29 Å². The Morgan fingerprint density at radius 1 is 0.826 bits per heavy atom. The molecular formula is C17H32O4S2. The average Bonchev–Trinajstić information content (AvgIpc) is 2.55. The van der Waals surface area contributed by atoms with Crippen molar-refractivity contribution in [2.75, 3.05) is 11.5 Å². The smallest absolute Gasteiger partial charge is 0.312 e. The van der Waals surface area contributed by atoms with E-state index in [1.165, 1.54) is 19.3 Å². The van der Waals surface area contributed by atoms with E-state index in [0.29, 0.717) is 17.9 Å². The van der Waals surface area contributed by atoms with Crippen molar-refractivity contribution in [1.29, 1.82) is 0 Å². The minimum atomic E-state index is -0.800. The van der Waals surface area contributed by atoms with Gasteiger partial charge in [0.15, 0.2) is 0 Å². The lowest BCUT2D eigenvalue weighted by Gasteiger charge is -2.21. The summed E-state index contributed by atoms with van der Waals surface area (Å²) in [5.41, 5.74) is 0. The second-order valence-electron chi connectivity index (χ2n) is 6.03. The molecule has 0 rings (SSSR count). The zero-order chi connectivity index (χ0) is 17.7. The van der Waals surface area contributed by atoms with E-state index in [-0.39, 0.29) is 23.8 Å². The Balaban J connectivity index is 4.37. The van der Waals surface area contributed by atoms with E-state index in [1.807, 2.05) is 0 Å². The van der Waals surface area contributed by atoms with Gasteiger partial charge in [0.25, 0.3) is 0 Å². The molecule has 2 unspecified atom stereocenters. The third-order valence-corrected chi connectivity index (χ3v) is 4.74. The van der Waals surface area contributed by atoms with Gasteiger partial charge >= 0.3 is 11.9 Å². The number of carbonyl (C=O) groups excluding carboxylic acids is 2. The summed E-state index contributed by atoms with van der Waals surface area (Å²) in [6, 6.07) is 0. The van der Waals surface area contributed by atoms with Gasteiger partial charge in [-0.2, -0.15) is 25.3 Å². The summed E-state index contributed by atoms with van der Waals surface area (Å²) < 4.78 is 10.7. The van der Waals surface area contributed by atoms with E-state index in [0.717, 1.165) is 19.3 Å². The van der Waals surface area contributed by atoms with Gasteiger partial charge in [-0.05, 0) is 6.42 Å². The molecule has 0 heterocycles. The molecule has 0 N–H and O–H groups in total. The fraction of sp³-hybridized carbons (Fsp3) is 0.882. The number of esters is 2. The Kier molecular flexibility index (Phi) is 13.8. The predicted octanol–water partition coefficient (Wildman–Crippen LogP) is 4.28. The highest BCUT2D eigenvalue weighted by Crippen LogP contribution is 2.15. The zero-order valence-corrected chi connectivity index (χ0v) is 16.4. The molecule has 0 saturated heterocycles. The largest absolute Gasteiger partial charge is 0.425 e. The zero-order valence-electron chi connectivity index (χ0n) is 14.6. The molecule has 0 saturated carbocycles. The standard InChI is InChI=1S/C17H32O4S2/c1-4-5-6-7-8-9-10-15(20-16(18)13(2)11-22)21-17(19)14(3)12-23/h13-15,22-23H,4-12H2,1-3H3. The summed E-state index contributed by atoms with van der Waals surface area (Å²) >= 11 is 8.19. The van der Waals surface area contributed by atoms with Crippen LogP contribution in [-0.4, -0.2) is 29.7 Å². The lowest BCUT2D eigenvalue weighted by Crippen LogP contribution is -2.30. The molecule has 0 aromatic carbocycles. The van der Waals surface area contributed by atoms with Crippen LogP contribution in [0, 0.1) is 11.8 Å². The van der Waals surface area contributed by atoms with Crippen molar-refractivity contribution in [2.24, 2.45) is 11.8 Å². The topological polar surface area (TPSA) is 52.6 Å². The lowest BCUT2D eigenvalue weighted by atomic mass is 10.1. The highest BCUT2D eigenvalue weighted by Gasteiger charge is 2.24. The molecule has 0 fully saturated rings. The van der Waals surface area contributed by atoms with E-state index in [4.69, 9.17) is 9.47 Å². The van der Waals surface area contributed by atoms with Gasteiger partial charge in [-0.25, -0.2) is 0 Å². The number of rotatable bonds is 13. The van der Waals surface area contributed by atoms with E-state index in [1.54, 1.807) is 13.8 Å². The lowest BCUT2D eigenvalue weighted by molar-refractivity contribution is -0.193. The number of thiol groups is 2. The van der Waals surface area contributed by atoms with Gasteiger partial charge in [0.2, 0.25) is 6.29 Å². The van der Waals surface area contributed by atoms with Gasteiger partial charge < -0.3 is 9.47 Å². The molecule has 0 bridgehead atoms. The van der Waals surface area contributed by atoms with Gasteiger partial charge in [-0.3, -0.25) is 9.59 Å². The van der Waals surface area contributed by atoms with Crippen LogP contribution in [0.5, 0.6) is 0 Å². The number of unbranched alkanes of at least 4 members (excludes halogenated alkanes) is 5. The third-order valence-electron chi connectivity index (χ3n) is 3.64. The Labute approximate surface area is 151 Å². The molecule has 0 aromatic heterocycles. The number of carbonyl (C=O) groups is 2. The summed E-state index contributed by atoms with van der Waals surface area (Å²) in [4.78, 5) is 23.8. The second-order valence-corrected chi connectivity index (χ2v) is 6.76. The summed E-state index contributed by atoms with van der Waals surface area (Å²) in [7, 11) is 0. The van der Waals surface area contributed by atoms with Crippen molar-refractivity contribution < 1.29 is 19.1 Å². The molecule has 23 heavy (non-hydrogen) atoms. The van der Waals surface area contributed by atoms with Crippen molar-refractivity contribution in [3.8, 4) is 0 Å². The molecule has 0 aliphatic rings. The van der Waals surface area contributed by atoms with Crippen LogP contribution in [0.4, 0.5) is 0 Å². The first-order chi connectivity index (χ1) is 11.0. The molecule has 0 radical (unpaired) electrons. The Morgan fingerprint density at radius 3 is 1.70 bits per heavy atom. The highest BCUT2D eigenvalue weighted by molar-refractivity contribution is 7.80. The maximum Gasteiger partial charge on any atom is 0.312 e. The van der Waals surface area contributed by atoms with Crippen molar-refractivity contribution in [2.45, 2.75) is 72.0 Å². The minimum absolute atomic E-state index is 0.314. The van der Waals surface area contributed by atoms with E-state index in [2.05, 4.69) is 32.2 Å².